The fourth-order valence-electron chi connectivity index (χ4n) is 2.88. The van der Waals surface area contributed by atoms with Crippen molar-refractivity contribution < 1.29 is 9.53 Å². The van der Waals surface area contributed by atoms with Gasteiger partial charge in [0, 0.05) is 25.3 Å². The lowest BCUT2D eigenvalue weighted by molar-refractivity contribution is -0.134. The minimum atomic E-state index is -0.392. The number of nitrogens with zero attached hydrogens (tertiary/aromatic N) is 2. The van der Waals surface area contributed by atoms with Gasteiger partial charge in [-0.05, 0) is 31.0 Å². The Bertz CT molecular complexity index is 705. The van der Waals surface area contributed by atoms with E-state index in [1.807, 2.05) is 23.7 Å². The number of amides is 1. The van der Waals surface area contributed by atoms with Crippen LogP contribution in [0.4, 0.5) is 0 Å². The van der Waals surface area contributed by atoms with Crippen molar-refractivity contribution in [3.63, 3.8) is 0 Å². The van der Waals surface area contributed by atoms with Gasteiger partial charge in [-0.2, -0.15) is 5.10 Å². The first-order valence-corrected chi connectivity index (χ1v) is 8.31. The minimum Gasteiger partial charge on any atom is -0.366 e. The molecule has 6 nitrogen and oxygen atoms in total. The second-order valence-electron chi connectivity index (χ2n) is 6.19. The van der Waals surface area contributed by atoms with Gasteiger partial charge in [0.25, 0.3) is 5.91 Å². The van der Waals surface area contributed by atoms with Crippen molar-refractivity contribution in [1.29, 1.82) is 0 Å². The van der Waals surface area contributed by atoms with Crippen LogP contribution in [0, 0.1) is 13.8 Å². The average Bonchev–Trinajstić information content (AvgIpc) is 2.91. The third-order valence-corrected chi connectivity index (χ3v) is 4.11. The molecule has 2 heterocycles. The summed E-state index contributed by atoms with van der Waals surface area (Å²) < 4.78 is 7.45. The van der Waals surface area contributed by atoms with E-state index in [9.17, 15) is 4.79 Å². The quantitative estimate of drug-likeness (QED) is 0.864. The number of hydrogen-bond donors (Lipinski definition) is 2. The third kappa shape index (κ3) is 4.21. The lowest BCUT2D eigenvalue weighted by Crippen LogP contribution is -2.47. The molecule has 2 aromatic rings. The van der Waals surface area contributed by atoms with Gasteiger partial charge in [-0.1, -0.05) is 24.3 Å². The second kappa shape index (κ2) is 7.59. The summed E-state index contributed by atoms with van der Waals surface area (Å²) >= 11 is 0. The van der Waals surface area contributed by atoms with E-state index in [0.29, 0.717) is 19.7 Å². The molecule has 0 saturated carbocycles. The molecule has 0 spiro atoms. The molecule has 2 N–H and O–H groups in total. The van der Waals surface area contributed by atoms with Gasteiger partial charge in [-0.25, -0.2) is 0 Å². The molecule has 1 aromatic heterocycles. The van der Waals surface area contributed by atoms with Crippen LogP contribution < -0.4 is 10.6 Å². The van der Waals surface area contributed by atoms with Gasteiger partial charge >= 0.3 is 0 Å². The average molecular weight is 328 g/mol. The summed E-state index contributed by atoms with van der Waals surface area (Å²) in [6.45, 7) is 7.25. The Labute approximate surface area is 142 Å². The van der Waals surface area contributed by atoms with Crippen molar-refractivity contribution in [3.8, 4) is 0 Å². The van der Waals surface area contributed by atoms with Crippen LogP contribution in [-0.4, -0.2) is 41.5 Å². The van der Waals surface area contributed by atoms with Crippen LogP contribution in [0.3, 0.4) is 0 Å². The normalized spacial score (nSPS) is 17.7. The van der Waals surface area contributed by atoms with E-state index in [4.69, 9.17) is 4.74 Å². The number of ether oxygens (including phenoxy) is 1. The van der Waals surface area contributed by atoms with Crippen LogP contribution in [0.25, 0.3) is 0 Å². The van der Waals surface area contributed by atoms with Crippen molar-refractivity contribution >= 4 is 5.91 Å². The van der Waals surface area contributed by atoms with E-state index >= 15 is 0 Å². The Balaban J connectivity index is 1.58. The minimum absolute atomic E-state index is 0.0638. The molecule has 1 saturated heterocycles. The zero-order valence-corrected chi connectivity index (χ0v) is 14.2. The highest BCUT2D eigenvalue weighted by Crippen LogP contribution is 2.10. The summed E-state index contributed by atoms with van der Waals surface area (Å²) in [5, 5.41) is 10.6. The van der Waals surface area contributed by atoms with Gasteiger partial charge in [-0.3, -0.25) is 9.48 Å². The smallest absolute Gasteiger partial charge is 0.250 e. The molecule has 3 rings (SSSR count). The molecule has 1 aliphatic rings. The number of carbonyl (C=O) groups excluding carboxylic acids is 1. The van der Waals surface area contributed by atoms with Gasteiger partial charge in [0.15, 0.2) is 0 Å². The highest BCUT2D eigenvalue weighted by molar-refractivity contribution is 5.81. The van der Waals surface area contributed by atoms with Crippen LogP contribution in [0.5, 0.6) is 0 Å². The predicted molar refractivity (Wildman–Crippen MR) is 91.7 cm³/mol. The number of hydrogen-bond acceptors (Lipinski definition) is 4. The molecule has 0 bridgehead atoms. The van der Waals surface area contributed by atoms with E-state index in [2.05, 4.69) is 40.9 Å². The van der Waals surface area contributed by atoms with Gasteiger partial charge in [0.05, 0.1) is 18.8 Å². The fourth-order valence-corrected chi connectivity index (χ4v) is 2.88. The Hall–Kier alpha value is -2.18. The zero-order chi connectivity index (χ0) is 16.9. The van der Waals surface area contributed by atoms with E-state index in [-0.39, 0.29) is 5.91 Å². The molecule has 6 heteroatoms. The molecule has 1 fully saturated rings. The van der Waals surface area contributed by atoms with Crippen molar-refractivity contribution in [3.05, 3.63) is 52.8 Å². The first-order chi connectivity index (χ1) is 11.6. The topological polar surface area (TPSA) is 68.2 Å². The third-order valence-electron chi connectivity index (χ3n) is 4.11. The van der Waals surface area contributed by atoms with Crippen LogP contribution >= 0.6 is 0 Å². The number of aromatic nitrogens is 2. The summed E-state index contributed by atoms with van der Waals surface area (Å²) in [4.78, 5) is 12.1. The maximum absolute atomic E-state index is 12.1. The molecule has 0 aliphatic carbocycles. The summed E-state index contributed by atoms with van der Waals surface area (Å²) in [6, 6.07) is 10.3. The van der Waals surface area contributed by atoms with E-state index in [0.717, 1.165) is 30.0 Å². The molecule has 1 atom stereocenters. The molecule has 0 unspecified atom stereocenters. The molecule has 1 aromatic carbocycles. The van der Waals surface area contributed by atoms with Gasteiger partial charge in [0.1, 0.15) is 6.10 Å². The highest BCUT2D eigenvalue weighted by Gasteiger charge is 2.21. The van der Waals surface area contributed by atoms with E-state index in [1.165, 1.54) is 5.56 Å². The van der Waals surface area contributed by atoms with Crippen molar-refractivity contribution in [1.82, 2.24) is 20.4 Å². The molecule has 24 heavy (non-hydrogen) atoms. The number of rotatable bonds is 5. The fraction of sp³-hybridized carbons (Fsp3) is 0.444. The Morgan fingerprint density at radius 3 is 2.92 bits per heavy atom. The lowest BCUT2D eigenvalue weighted by Gasteiger charge is -2.22. The molecule has 0 radical (unpaired) electrons. The first-order valence-electron chi connectivity index (χ1n) is 8.31. The standard InChI is InChI=1S/C18H24N4O2/c1-13-8-14(2)22(21-13)12-16-5-3-4-15(9-16)10-20-18(23)17-11-19-6-7-24-17/h3-5,8-9,17,19H,6-7,10-12H2,1-2H3,(H,20,23)/t17-/m1/s1. The lowest BCUT2D eigenvalue weighted by atomic mass is 10.1. The monoisotopic (exact) mass is 328 g/mol. The summed E-state index contributed by atoms with van der Waals surface area (Å²) in [6.07, 6.45) is -0.392. The molecular formula is C18H24N4O2. The Morgan fingerprint density at radius 1 is 1.38 bits per heavy atom. The number of carbonyl (C=O) groups is 1. The van der Waals surface area contributed by atoms with E-state index in [1.54, 1.807) is 0 Å². The molecule has 1 amide bonds. The molecule has 128 valence electrons. The largest absolute Gasteiger partial charge is 0.366 e. The Kier molecular flexibility index (Phi) is 5.27. The summed E-state index contributed by atoms with van der Waals surface area (Å²) in [7, 11) is 0. The van der Waals surface area contributed by atoms with Gasteiger partial charge in [-0.15, -0.1) is 0 Å². The summed E-state index contributed by atoms with van der Waals surface area (Å²) in [5.74, 6) is -0.0638. The van der Waals surface area contributed by atoms with Crippen LogP contribution in [0.2, 0.25) is 0 Å². The summed E-state index contributed by atoms with van der Waals surface area (Å²) in [5.41, 5.74) is 4.42. The van der Waals surface area contributed by atoms with Crippen molar-refractivity contribution in [2.75, 3.05) is 19.7 Å². The zero-order valence-electron chi connectivity index (χ0n) is 14.2. The molecule has 1 aliphatic heterocycles. The number of nitrogens with one attached hydrogen (secondary N) is 2. The Morgan fingerprint density at radius 2 is 2.21 bits per heavy atom. The van der Waals surface area contributed by atoms with Crippen LogP contribution in [0.1, 0.15) is 22.5 Å². The number of morpholine rings is 1. The maximum Gasteiger partial charge on any atom is 0.250 e. The van der Waals surface area contributed by atoms with Crippen molar-refractivity contribution in [2.45, 2.75) is 33.0 Å². The van der Waals surface area contributed by atoms with Crippen LogP contribution in [-0.2, 0) is 22.6 Å². The van der Waals surface area contributed by atoms with Gasteiger partial charge < -0.3 is 15.4 Å². The van der Waals surface area contributed by atoms with Crippen LogP contribution in [0.15, 0.2) is 30.3 Å². The first kappa shape index (κ1) is 16.7. The number of aryl methyl sites for hydroxylation is 2. The number of benzene rings is 1. The SMILES string of the molecule is Cc1cc(C)n(Cc2cccc(CNC(=O)[C@H]3CNCCO3)c2)n1. The van der Waals surface area contributed by atoms with E-state index < -0.39 is 6.10 Å². The van der Waals surface area contributed by atoms with Gasteiger partial charge in [0.2, 0.25) is 0 Å². The second-order valence-corrected chi connectivity index (χ2v) is 6.19. The predicted octanol–water partition coefficient (Wildman–Crippen LogP) is 1.15. The maximum atomic E-state index is 12.1. The highest BCUT2D eigenvalue weighted by atomic mass is 16.5. The van der Waals surface area contributed by atoms with Crippen molar-refractivity contribution in [2.24, 2.45) is 0 Å². The molecular weight excluding hydrogens is 304 g/mol.